The van der Waals surface area contributed by atoms with Crippen LogP contribution < -0.4 is 10.5 Å². The van der Waals surface area contributed by atoms with Crippen molar-refractivity contribution >= 4 is 17.0 Å². The standard InChI is InChI=1S/C13H15N3O3/c1-18-11-7-15-10-5-3-4-8(12(10)16-11)9(6-14)13(17)19-2/h3-5,7,9H,6,14H2,1-2H3. The van der Waals surface area contributed by atoms with Crippen LogP contribution in [0.1, 0.15) is 11.5 Å². The first kappa shape index (κ1) is 13.2. The summed E-state index contributed by atoms with van der Waals surface area (Å²) < 4.78 is 9.82. The zero-order valence-electron chi connectivity index (χ0n) is 10.8. The number of ether oxygens (including phenoxy) is 2. The number of hydrogen-bond donors (Lipinski definition) is 1. The zero-order chi connectivity index (χ0) is 13.8. The molecule has 2 N–H and O–H groups in total. The summed E-state index contributed by atoms with van der Waals surface area (Å²) >= 11 is 0. The van der Waals surface area contributed by atoms with E-state index < -0.39 is 5.92 Å². The van der Waals surface area contributed by atoms with Crippen LogP contribution in [0.5, 0.6) is 5.88 Å². The molecular formula is C13H15N3O3. The minimum Gasteiger partial charge on any atom is -0.480 e. The fraction of sp³-hybridized carbons (Fsp3) is 0.308. The van der Waals surface area contributed by atoms with Crippen molar-refractivity contribution in [2.45, 2.75) is 5.92 Å². The van der Waals surface area contributed by atoms with E-state index >= 15 is 0 Å². The number of nitrogens with zero attached hydrogens (tertiary/aromatic N) is 2. The number of methoxy groups -OCH3 is 2. The van der Waals surface area contributed by atoms with Gasteiger partial charge < -0.3 is 15.2 Å². The highest BCUT2D eigenvalue weighted by Crippen LogP contribution is 2.25. The summed E-state index contributed by atoms with van der Waals surface area (Å²) in [6.45, 7) is 0.144. The van der Waals surface area contributed by atoms with E-state index in [0.717, 1.165) is 0 Å². The molecule has 2 rings (SSSR count). The van der Waals surface area contributed by atoms with Gasteiger partial charge in [-0.25, -0.2) is 9.97 Å². The number of nitrogens with two attached hydrogens (primary N) is 1. The highest BCUT2D eigenvalue weighted by molar-refractivity contribution is 5.87. The van der Waals surface area contributed by atoms with Gasteiger partial charge in [-0.3, -0.25) is 4.79 Å². The Bertz CT molecular complexity index is 601. The lowest BCUT2D eigenvalue weighted by Gasteiger charge is -2.14. The first-order chi connectivity index (χ1) is 9.21. The summed E-state index contributed by atoms with van der Waals surface area (Å²) in [5.74, 6) is -0.560. The van der Waals surface area contributed by atoms with Crippen LogP contribution in [-0.2, 0) is 9.53 Å². The quantitative estimate of drug-likeness (QED) is 0.821. The number of carbonyl (C=O) groups is 1. The molecule has 0 aliphatic carbocycles. The van der Waals surface area contributed by atoms with Gasteiger partial charge in [-0.2, -0.15) is 0 Å². The van der Waals surface area contributed by atoms with Crippen molar-refractivity contribution in [2.24, 2.45) is 5.73 Å². The molecule has 0 fully saturated rings. The minimum absolute atomic E-state index is 0.144. The molecule has 0 spiro atoms. The molecule has 0 saturated heterocycles. The van der Waals surface area contributed by atoms with Gasteiger partial charge in [0.1, 0.15) is 0 Å². The van der Waals surface area contributed by atoms with E-state index in [2.05, 4.69) is 9.97 Å². The molecule has 0 amide bonds. The van der Waals surface area contributed by atoms with Gasteiger partial charge in [0.2, 0.25) is 5.88 Å². The summed E-state index contributed by atoms with van der Waals surface area (Å²) in [6, 6.07) is 5.42. The number of fused-ring (bicyclic) bond motifs is 1. The highest BCUT2D eigenvalue weighted by Gasteiger charge is 2.22. The second kappa shape index (κ2) is 5.62. The summed E-state index contributed by atoms with van der Waals surface area (Å²) in [7, 11) is 2.85. The number of carbonyl (C=O) groups excluding carboxylic acids is 1. The van der Waals surface area contributed by atoms with Gasteiger partial charge in [0.05, 0.1) is 37.4 Å². The lowest BCUT2D eigenvalue weighted by atomic mass is 9.97. The topological polar surface area (TPSA) is 87.3 Å². The lowest BCUT2D eigenvalue weighted by molar-refractivity contribution is -0.142. The molecule has 0 bridgehead atoms. The Labute approximate surface area is 110 Å². The lowest BCUT2D eigenvalue weighted by Crippen LogP contribution is -2.23. The van der Waals surface area contributed by atoms with Crippen molar-refractivity contribution < 1.29 is 14.3 Å². The summed E-state index contributed by atoms with van der Waals surface area (Å²) in [5.41, 5.74) is 7.64. The summed E-state index contributed by atoms with van der Waals surface area (Å²) in [4.78, 5) is 20.3. The Balaban J connectivity index is 2.61. The molecule has 6 heteroatoms. The monoisotopic (exact) mass is 261 g/mol. The van der Waals surface area contributed by atoms with Gasteiger partial charge in [0, 0.05) is 6.54 Å². The van der Waals surface area contributed by atoms with Crippen LogP contribution in [0.3, 0.4) is 0 Å². The van der Waals surface area contributed by atoms with E-state index in [4.69, 9.17) is 15.2 Å². The van der Waals surface area contributed by atoms with Crippen molar-refractivity contribution in [3.8, 4) is 5.88 Å². The summed E-state index contributed by atoms with van der Waals surface area (Å²) in [5, 5.41) is 0. The maximum absolute atomic E-state index is 11.8. The van der Waals surface area contributed by atoms with Gasteiger partial charge in [0.15, 0.2) is 0 Å². The molecule has 1 unspecified atom stereocenters. The van der Waals surface area contributed by atoms with Crippen LogP contribution in [0.15, 0.2) is 24.4 Å². The fourth-order valence-electron chi connectivity index (χ4n) is 1.91. The second-order valence-electron chi connectivity index (χ2n) is 3.94. The maximum Gasteiger partial charge on any atom is 0.314 e. The molecule has 19 heavy (non-hydrogen) atoms. The Kier molecular flexibility index (Phi) is 3.91. The SMILES string of the molecule is COC(=O)C(CN)c1cccc2ncc(OC)nc12. The molecule has 0 radical (unpaired) electrons. The molecule has 1 heterocycles. The van der Waals surface area contributed by atoms with E-state index in [0.29, 0.717) is 22.5 Å². The molecule has 0 saturated carbocycles. The van der Waals surface area contributed by atoms with Crippen molar-refractivity contribution in [3.05, 3.63) is 30.0 Å². The smallest absolute Gasteiger partial charge is 0.314 e. The average Bonchev–Trinajstić information content (AvgIpc) is 2.47. The maximum atomic E-state index is 11.8. The predicted octanol–water partition coefficient (Wildman–Crippen LogP) is 0.854. The van der Waals surface area contributed by atoms with Crippen molar-refractivity contribution in [1.82, 2.24) is 9.97 Å². The number of benzene rings is 1. The predicted molar refractivity (Wildman–Crippen MR) is 69.9 cm³/mol. The molecule has 0 aliphatic heterocycles. The first-order valence-corrected chi connectivity index (χ1v) is 5.78. The zero-order valence-corrected chi connectivity index (χ0v) is 10.8. The normalized spacial score (nSPS) is 12.2. The molecule has 1 aromatic carbocycles. The summed E-state index contributed by atoms with van der Waals surface area (Å²) in [6.07, 6.45) is 1.53. The van der Waals surface area contributed by atoms with Crippen molar-refractivity contribution in [2.75, 3.05) is 20.8 Å². The van der Waals surface area contributed by atoms with Crippen LogP contribution in [0.4, 0.5) is 0 Å². The Morgan fingerprint density at radius 3 is 2.84 bits per heavy atom. The van der Waals surface area contributed by atoms with Crippen LogP contribution in [0.2, 0.25) is 0 Å². The molecular weight excluding hydrogens is 246 g/mol. The van der Waals surface area contributed by atoms with Gasteiger partial charge >= 0.3 is 5.97 Å². The van der Waals surface area contributed by atoms with E-state index in [-0.39, 0.29) is 12.5 Å². The number of aromatic nitrogens is 2. The van der Waals surface area contributed by atoms with Crippen LogP contribution in [-0.4, -0.2) is 36.7 Å². The number of para-hydroxylation sites is 1. The molecule has 100 valence electrons. The molecule has 2 aromatic rings. The molecule has 0 aliphatic rings. The van der Waals surface area contributed by atoms with E-state index in [1.165, 1.54) is 20.4 Å². The molecule has 1 aromatic heterocycles. The largest absolute Gasteiger partial charge is 0.480 e. The van der Waals surface area contributed by atoms with Crippen LogP contribution in [0.25, 0.3) is 11.0 Å². The van der Waals surface area contributed by atoms with E-state index in [1.54, 1.807) is 6.07 Å². The number of hydrogen-bond acceptors (Lipinski definition) is 6. The Hall–Kier alpha value is -2.21. The van der Waals surface area contributed by atoms with E-state index in [1.807, 2.05) is 12.1 Å². The van der Waals surface area contributed by atoms with Crippen molar-refractivity contribution in [1.29, 1.82) is 0 Å². The van der Waals surface area contributed by atoms with Gasteiger partial charge in [-0.15, -0.1) is 0 Å². The van der Waals surface area contributed by atoms with Gasteiger partial charge in [-0.05, 0) is 11.6 Å². The highest BCUT2D eigenvalue weighted by atomic mass is 16.5. The fourth-order valence-corrected chi connectivity index (χ4v) is 1.91. The first-order valence-electron chi connectivity index (χ1n) is 5.78. The van der Waals surface area contributed by atoms with Crippen LogP contribution >= 0.6 is 0 Å². The van der Waals surface area contributed by atoms with Crippen molar-refractivity contribution in [3.63, 3.8) is 0 Å². The third kappa shape index (κ3) is 2.48. The average molecular weight is 261 g/mol. The second-order valence-corrected chi connectivity index (χ2v) is 3.94. The third-order valence-corrected chi connectivity index (χ3v) is 2.89. The number of esters is 1. The van der Waals surface area contributed by atoms with Crippen LogP contribution in [0, 0.1) is 0 Å². The minimum atomic E-state index is -0.560. The Morgan fingerprint density at radius 2 is 2.21 bits per heavy atom. The molecule has 1 atom stereocenters. The van der Waals surface area contributed by atoms with E-state index in [9.17, 15) is 4.79 Å². The Morgan fingerprint density at radius 1 is 1.42 bits per heavy atom. The molecule has 6 nitrogen and oxygen atoms in total. The van der Waals surface area contributed by atoms with Gasteiger partial charge in [-0.1, -0.05) is 12.1 Å². The van der Waals surface area contributed by atoms with Gasteiger partial charge in [0.25, 0.3) is 0 Å². The number of rotatable bonds is 4. The third-order valence-electron chi connectivity index (χ3n) is 2.89.